The van der Waals surface area contributed by atoms with Gasteiger partial charge in [-0.1, -0.05) is 23.2 Å². The maximum absolute atomic E-state index is 11.9. The van der Waals surface area contributed by atoms with E-state index in [9.17, 15) is 4.79 Å². The van der Waals surface area contributed by atoms with E-state index in [0.717, 1.165) is 0 Å². The molecule has 0 aliphatic rings. The molecule has 18 heavy (non-hydrogen) atoms. The largest absolute Gasteiger partial charge is 0.398 e. The number of hydrogen-bond donors (Lipinski definition) is 2. The molecule has 1 heterocycles. The number of halogens is 2. The SMILES string of the molecule is Nc1cc(Cl)ccc1C(=O)Nc1nccc(Cl)n1. The van der Waals surface area contributed by atoms with E-state index in [0.29, 0.717) is 10.6 Å². The van der Waals surface area contributed by atoms with E-state index < -0.39 is 5.91 Å². The van der Waals surface area contributed by atoms with Gasteiger partial charge in [0, 0.05) is 16.9 Å². The van der Waals surface area contributed by atoms with Crippen LogP contribution in [0.2, 0.25) is 10.2 Å². The first-order chi connectivity index (χ1) is 8.56. The van der Waals surface area contributed by atoms with E-state index in [1.54, 1.807) is 6.07 Å². The van der Waals surface area contributed by atoms with Crippen molar-refractivity contribution in [3.63, 3.8) is 0 Å². The Morgan fingerprint density at radius 3 is 2.72 bits per heavy atom. The summed E-state index contributed by atoms with van der Waals surface area (Å²) in [5.41, 5.74) is 6.27. The fourth-order valence-electron chi connectivity index (χ4n) is 1.31. The van der Waals surface area contributed by atoms with Crippen molar-refractivity contribution in [3.8, 4) is 0 Å². The van der Waals surface area contributed by atoms with Crippen molar-refractivity contribution in [2.24, 2.45) is 0 Å². The summed E-state index contributed by atoms with van der Waals surface area (Å²) in [4.78, 5) is 19.6. The number of aromatic nitrogens is 2. The molecule has 0 atom stereocenters. The van der Waals surface area contributed by atoms with Crippen LogP contribution in [0.15, 0.2) is 30.5 Å². The smallest absolute Gasteiger partial charge is 0.260 e. The van der Waals surface area contributed by atoms with Gasteiger partial charge in [0.15, 0.2) is 0 Å². The third-order valence-electron chi connectivity index (χ3n) is 2.11. The maximum Gasteiger partial charge on any atom is 0.260 e. The molecule has 0 saturated heterocycles. The predicted octanol–water partition coefficient (Wildman–Crippen LogP) is 2.62. The minimum atomic E-state index is -0.425. The Morgan fingerprint density at radius 1 is 1.28 bits per heavy atom. The zero-order valence-electron chi connectivity index (χ0n) is 9.02. The van der Waals surface area contributed by atoms with Crippen LogP contribution in [0.25, 0.3) is 0 Å². The number of hydrogen-bond acceptors (Lipinski definition) is 4. The minimum absolute atomic E-state index is 0.113. The lowest BCUT2D eigenvalue weighted by molar-refractivity contribution is 0.102. The second kappa shape index (κ2) is 5.20. The first kappa shape index (κ1) is 12.6. The molecule has 0 aliphatic heterocycles. The van der Waals surface area contributed by atoms with Crippen LogP contribution < -0.4 is 11.1 Å². The van der Waals surface area contributed by atoms with Crippen LogP contribution in [0, 0.1) is 0 Å². The number of rotatable bonds is 2. The molecule has 0 unspecified atom stereocenters. The summed E-state index contributed by atoms with van der Waals surface area (Å²) in [7, 11) is 0. The summed E-state index contributed by atoms with van der Waals surface area (Å²) in [5, 5.41) is 3.19. The minimum Gasteiger partial charge on any atom is -0.398 e. The van der Waals surface area contributed by atoms with Crippen molar-refractivity contribution < 1.29 is 4.79 Å². The lowest BCUT2D eigenvalue weighted by atomic mass is 10.1. The second-order valence-electron chi connectivity index (χ2n) is 3.39. The summed E-state index contributed by atoms with van der Waals surface area (Å²) in [6.07, 6.45) is 1.44. The van der Waals surface area contributed by atoms with Crippen molar-refractivity contribution in [2.45, 2.75) is 0 Å². The molecule has 0 spiro atoms. The first-order valence-electron chi connectivity index (χ1n) is 4.91. The van der Waals surface area contributed by atoms with Crippen molar-refractivity contribution in [2.75, 3.05) is 11.1 Å². The van der Waals surface area contributed by atoms with E-state index in [2.05, 4.69) is 15.3 Å². The topological polar surface area (TPSA) is 80.9 Å². The Morgan fingerprint density at radius 2 is 2.06 bits per heavy atom. The predicted molar refractivity (Wildman–Crippen MR) is 70.9 cm³/mol. The molecule has 92 valence electrons. The van der Waals surface area contributed by atoms with E-state index in [1.165, 1.54) is 24.4 Å². The van der Waals surface area contributed by atoms with Gasteiger partial charge in [-0.05, 0) is 24.3 Å². The Balaban J connectivity index is 2.22. The van der Waals surface area contributed by atoms with Crippen molar-refractivity contribution in [1.82, 2.24) is 9.97 Å². The van der Waals surface area contributed by atoms with E-state index in [-0.39, 0.29) is 16.8 Å². The number of carbonyl (C=O) groups excluding carboxylic acids is 1. The molecule has 1 aromatic carbocycles. The zero-order chi connectivity index (χ0) is 13.1. The average Bonchev–Trinajstić information content (AvgIpc) is 2.28. The van der Waals surface area contributed by atoms with Gasteiger partial charge in [0.2, 0.25) is 5.95 Å². The molecule has 0 bridgehead atoms. The first-order valence-corrected chi connectivity index (χ1v) is 5.67. The van der Waals surface area contributed by atoms with Crippen LogP contribution in [0.3, 0.4) is 0 Å². The molecule has 1 amide bonds. The highest BCUT2D eigenvalue weighted by Gasteiger charge is 2.11. The highest BCUT2D eigenvalue weighted by Crippen LogP contribution is 2.18. The Hall–Kier alpha value is -1.85. The second-order valence-corrected chi connectivity index (χ2v) is 4.21. The fraction of sp³-hybridized carbons (Fsp3) is 0. The third kappa shape index (κ3) is 2.88. The van der Waals surface area contributed by atoms with Gasteiger partial charge in [0.1, 0.15) is 5.15 Å². The van der Waals surface area contributed by atoms with Crippen molar-refractivity contribution >= 4 is 40.7 Å². The average molecular weight is 283 g/mol. The van der Waals surface area contributed by atoms with Gasteiger partial charge in [-0.2, -0.15) is 0 Å². The Kier molecular flexibility index (Phi) is 3.64. The molecular formula is C11H8Cl2N4O. The number of amides is 1. The summed E-state index contributed by atoms with van der Waals surface area (Å²) < 4.78 is 0. The zero-order valence-corrected chi connectivity index (χ0v) is 10.5. The van der Waals surface area contributed by atoms with Gasteiger partial charge in [-0.3, -0.25) is 10.1 Å². The molecule has 7 heteroatoms. The van der Waals surface area contributed by atoms with Crippen LogP contribution in [-0.2, 0) is 0 Å². The van der Waals surface area contributed by atoms with Crippen LogP contribution in [0.5, 0.6) is 0 Å². The lowest BCUT2D eigenvalue weighted by Crippen LogP contribution is -2.15. The number of nitrogens with one attached hydrogen (secondary N) is 1. The standard InChI is InChI=1S/C11H8Cl2N4O/c12-6-1-2-7(8(14)5-6)10(18)17-11-15-4-3-9(13)16-11/h1-5H,14H2,(H,15,16,17,18). The summed E-state index contributed by atoms with van der Waals surface area (Å²) in [6, 6.07) is 6.10. The van der Waals surface area contributed by atoms with Gasteiger partial charge < -0.3 is 5.73 Å². The number of nitrogen functional groups attached to an aromatic ring is 1. The Bertz CT molecular complexity index is 603. The normalized spacial score (nSPS) is 10.1. The number of benzene rings is 1. The van der Waals surface area contributed by atoms with Gasteiger partial charge in [0.25, 0.3) is 5.91 Å². The molecule has 2 aromatic rings. The number of carbonyl (C=O) groups is 1. The van der Waals surface area contributed by atoms with Gasteiger partial charge in [0.05, 0.1) is 5.56 Å². The van der Waals surface area contributed by atoms with Crippen LogP contribution in [0.1, 0.15) is 10.4 Å². The van der Waals surface area contributed by atoms with E-state index >= 15 is 0 Å². The highest BCUT2D eigenvalue weighted by molar-refractivity contribution is 6.31. The number of nitrogens with zero attached hydrogens (tertiary/aromatic N) is 2. The van der Waals surface area contributed by atoms with Gasteiger partial charge in [-0.15, -0.1) is 0 Å². The summed E-state index contributed by atoms with van der Waals surface area (Å²) in [5.74, 6) is -0.312. The van der Waals surface area contributed by atoms with Gasteiger partial charge >= 0.3 is 0 Å². The molecule has 0 radical (unpaired) electrons. The van der Waals surface area contributed by atoms with E-state index in [4.69, 9.17) is 28.9 Å². The van der Waals surface area contributed by atoms with Crippen LogP contribution >= 0.6 is 23.2 Å². The molecular weight excluding hydrogens is 275 g/mol. The Labute approximate surface area is 113 Å². The molecule has 5 nitrogen and oxygen atoms in total. The van der Waals surface area contributed by atoms with E-state index in [1.807, 2.05) is 0 Å². The number of anilines is 2. The van der Waals surface area contributed by atoms with Crippen LogP contribution in [-0.4, -0.2) is 15.9 Å². The quantitative estimate of drug-likeness (QED) is 0.655. The lowest BCUT2D eigenvalue weighted by Gasteiger charge is -2.06. The van der Waals surface area contributed by atoms with Crippen molar-refractivity contribution in [1.29, 1.82) is 0 Å². The highest BCUT2D eigenvalue weighted by atomic mass is 35.5. The molecule has 0 fully saturated rings. The molecule has 0 aliphatic carbocycles. The van der Waals surface area contributed by atoms with Gasteiger partial charge in [-0.25, -0.2) is 9.97 Å². The molecule has 3 N–H and O–H groups in total. The molecule has 1 aromatic heterocycles. The summed E-state index contributed by atoms with van der Waals surface area (Å²) in [6.45, 7) is 0. The number of nitrogens with two attached hydrogens (primary N) is 1. The maximum atomic E-state index is 11.9. The van der Waals surface area contributed by atoms with Crippen LogP contribution in [0.4, 0.5) is 11.6 Å². The van der Waals surface area contributed by atoms with Crippen molar-refractivity contribution in [3.05, 3.63) is 46.2 Å². The molecule has 0 saturated carbocycles. The monoisotopic (exact) mass is 282 g/mol. The summed E-state index contributed by atoms with van der Waals surface area (Å²) >= 11 is 11.4. The fourth-order valence-corrected chi connectivity index (χ4v) is 1.62. The molecule has 2 rings (SSSR count). The third-order valence-corrected chi connectivity index (χ3v) is 2.55.